The first-order valence-corrected chi connectivity index (χ1v) is 5.10. The largest absolute Gasteiger partial charge is 0.382 e. The number of methoxy groups -OCH3 is 1. The molecule has 0 atom stereocenters. The molecule has 1 aromatic rings. The normalized spacial score (nSPS) is 23.6. The van der Waals surface area contributed by atoms with Crippen molar-refractivity contribution >= 4 is 11.7 Å². The van der Waals surface area contributed by atoms with Gasteiger partial charge in [0.15, 0.2) is 0 Å². The lowest BCUT2D eigenvalue weighted by atomic mass is 9.89. The number of nitrogens with two attached hydrogens (primary N) is 1. The Labute approximate surface area is 93.2 Å². The summed E-state index contributed by atoms with van der Waals surface area (Å²) in [6.45, 7) is 0. The molecule has 0 aromatic carbocycles. The van der Waals surface area contributed by atoms with Crippen molar-refractivity contribution in [3.63, 3.8) is 0 Å². The standard InChI is InChI=1S/C10H14N4O2/c1-16-7-2-6(3-7)13-10(15)8-4-12-5-9(11)14-8/h4-7H,2-3H2,1H3,(H2,11,14)(H,13,15). The Balaban J connectivity index is 1.89. The first-order valence-electron chi connectivity index (χ1n) is 5.10. The molecule has 6 nitrogen and oxygen atoms in total. The van der Waals surface area contributed by atoms with Crippen molar-refractivity contribution in [1.82, 2.24) is 15.3 Å². The minimum Gasteiger partial charge on any atom is -0.382 e. The van der Waals surface area contributed by atoms with E-state index in [-0.39, 0.29) is 29.6 Å². The molecule has 0 bridgehead atoms. The number of rotatable bonds is 3. The van der Waals surface area contributed by atoms with Crippen molar-refractivity contribution in [2.24, 2.45) is 0 Å². The molecular formula is C10H14N4O2. The number of nitrogens with one attached hydrogen (secondary N) is 1. The van der Waals surface area contributed by atoms with Gasteiger partial charge in [-0.1, -0.05) is 0 Å². The van der Waals surface area contributed by atoms with Gasteiger partial charge in [-0.3, -0.25) is 9.78 Å². The van der Waals surface area contributed by atoms with Gasteiger partial charge in [0.25, 0.3) is 5.91 Å². The zero-order valence-corrected chi connectivity index (χ0v) is 9.01. The molecular weight excluding hydrogens is 208 g/mol. The topological polar surface area (TPSA) is 90.1 Å². The monoisotopic (exact) mass is 222 g/mol. The van der Waals surface area contributed by atoms with E-state index >= 15 is 0 Å². The number of anilines is 1. The quantitative estimate of drug-likeness (QED) is 0.749. The smallest absolute Gasteiger partial charge is 0.271 e. The molecule has 1 saturated carbocycles. The Morgan fingerprint density at radius 1 is 1.56 bits per heavy atom. The molecule has 1 amide bonds. The highest BCUT2D eigenvalue weighted by molar-refractivity contribution is 5.92. The Bertz CT molecular complexity index is 390. The molecule has 1 aromatic heterocycles. The number of nitrogen functional groups attached to an aromatic ring is 1. The van der Waals surface area contributed by atoms with Gasteiger partial charge in [0.1, 0.15) is 11.5 Å². The lowest BCUT2D eigenvalue weighted by molar-refractivity contribution is 0.0175. The fraction of sp³-hybridized carbons (Fsp3) is 0.500. The number of carbonyl (C=O) groups is 1. The lowest BCUT2D eigenvalue weighted by Gasteiger charge is -2.34. The van der Waals surface area contributed by atoms with E-state index in [0.717, 1.165) is 12.8 Å². The molecule has 0 spiro atoms. The van der Waals surface area contributed by atoms with Crippen LogP contribution in [0.5, 0.6) is 0 Å². The molecule has 1 fully saturated rings. The van der Waals surface area contributed by atoms with E-state index in [1.807, 2.05) is 0 Å². The zero-order valence-electron chi connectivity index (χ0n) is 9.01. The van der Waals surface area contributed by atoms with Crippen LogP contribution in [-0.2, 0) is 4.74 Å². The van der Waals surface area contributed by atoms with Gasteiger partial charge in [-0.25, -0.2) is 4.98 Å². The molecule has 3 N–H and O–H groups in total. The SMILES string of the molecule is COC1CC(NC(=O)c2cncc(N)n2)C1. The van der Waals surface area contributed by atoms with Gasteiger partial charge >= 0.3 is 0 Å². The zero-order chi connectivity index (χ0) is 11.5. The molecule has 6 heteroatoms. The van der Waals surface area contributed by atoms with Crippen LogP contribution in [0.15, 0.2) is 12.4 Å². The molecule has 0 saturated heterocycles. The van der Waals surface area contributed by atoms with Crippen LogP contribution >= 0.6 is 0 Å². The Kier molecular flexibility index (Phi) is 3.00. The van der Waals surface area contributed by atoms with E-state index in [1.54, 1.807) is 7.11 Å². The molecule has 86 valence electrons. The maximum Gasteiger partial charge on any atom is 0.271 e. The molecule has 2 rings (SSSR count). The van der Waals surface area contributed by atoms with Crippen LogP contribution in [0, 0.1) is 0 Å². The van der Waals surface area contributed by atoms with Gasteiger partial charge in [-0.05, 0) is 12.8 Å². The van der Waals surface area contributed by atoms with Gasteiger partial charge in [0, 0.05) is 13.2 Å². The van der Waals surface area contributed by atoms with Crippen molar-refractivity contribution < 1.29 is 9.53 Å². The second kappa shape index (κ2) is 4.44. The van der Waals surface area contributed by atoms with Crippen LogP contribution in [0.3, 0.4) is 0 Å². The first kappa shape index (κ1) is 10.8. The van der Waals surface area contributed by atoms with Crippen molar-refractivity contribution in [2.45, 2.75) is 25.0 Å². The molecule has 1 aliphatic carbocycles. The molecule has 0 radical (unpaired) electrons. The highest BCUT2D eigenvalue weighted by Gasteiger charge is 2.30. The van der Waals surface area contributed by atoms with E-state index in [0.29, 0.717) is 0 Å². The number of hydrogen-bond acceptors (Lipinski definition) is 5. The van der Waals surface area contributed by atoms with E-state index in [9.17, 15) is 4.79 Å². The summed E-state index contributed by atoms with van der Waals surface area (Å²) in [7, 11) is 1.67. The predicted octanol–water partition coefficient (Wildman–Crippen LogP) is -0.0340. The number of carbonyl (C=O) groups excluding carboxylic acids is 1. The summed E-state index contributed by atoms with van der Waals surface area (Å²) >= 11 is 0. The summed E-state index contributed by atoms with van der Waals surface area (Å²) in [5, 5.41) is 2.85. The van der Waals surface area contributed by atoms with Crippen molar-refractivity contribution in [3.8, 4) is 0 Å². The van der Waals surface area contributed by atoms with Crippen LogP contribution in [0.4, 0.5) is 5.82 Å². The Hall–Kier alpha value is -1.69. The first-order chi connectivity index (χ1) is 7.69. The highest BCUT2D eigenvalue weighted by Crippen LogP contribution is 2.22. The van der Waals surface area contributed by atoms with E-state index in [2.05, 4.69) is 15.3 Å². The van der Waals surface area contributed by atoms with E-state index in [1.165, 1.54) is 12.4 Å². The molecule has 1 aliphatic rings. The Morgan fingerprint density at radius 3 is 2.94 bits per heavy atom. The summed E-state index contributed by atoms with van der Waals surface area (Å²) in [5.74, 6) is 0.00961. The molecule has 0 aliphatic heterocycles. The minimum absolute atomic E-state index is 0.167. The number of nitrogens with zero attached hydrogens (tertiary/aromatic N) is 2. The third kappa shape index (κ3) is 2.27. The summed E-state index contributed by atoms with van der Waals surface area (Å²) in [4.78, 5) is 19.4. The third-order valence-corrected chi connectivity index (χ3v) is 2.65. The number of amides is 1. The maximum atomic E-state index is 11.7. The summed E-state index contributed by atoms with van der Waals surface area (Å²) in [6.07, 6.45) is 4.76. The van der Waals surface area contributed by atoms with Gasteiger partial charge in [0.05, 0.1) is 18.5 Å². The molecule has 16 heavy (non-hydrogen) atoms. The highest BCUT2D eigenvalue weighted by atomic mass is 16.5. The average molecular weight is 222 g/mol. The van der Waals surface area contributed by atoms with Crippen LogP contribution < -0.4 is 11.1 Å². The van der Waals surface area contributed by atoms with Crippen LogP contribution in [0.25, 0.3) is 0 Å². The average Bonchev–Trinajstić information content (AvgIpc) is 2.22. The summed E-state index contributed by atoms with van der Waals surface area (Å²) in [5.41, 5.74) is 5.69. The van der Waals surface area contributed by atoms with E-state index < -0.39 is 0 Å². The number of ether oxygens (including phenoxy) is 1. The van der Waals surface area contributed by atoms with Gasteiger partial charge < -0.3 is 15.8 Å². The lowest BCUT2D eigenvalue weighted by Crippen LogP contribution is -2.47. The van der Waals surface area contributed by atoms with Crippen molar-refractivity contribution in [3.05, 3.63) is 18.1 Å². The van der Waals surface area contributed by atoms with Crippen molar-refractivity contribution in [2.75, 3.05) is 12.8 Å². The maximum absolute atomic E-state index is 11.7. The van der Waals surface area contributed by atoms with Gasteiger partial charge in [0.2, 0.25) is 0 Å². The summed E-state index contributed by atoms with van der Waals surface area (Å²) < 4.78 is 5.12. The van der Waals surface area contributed by atoms with Crippen molar-refractivity contribution in [1.29, 1.82) is 0 Å². The number of aromatic nitrogens is 2. The van der Waals surface area contributed by atoms with Crippen LogP contribution in [0.1, 0.15) is 23.3 Å². The van der Waals surface area contributed by atoms with E-state index in [4.69, 9.17) is 10.5 Å². The van der Waals surface area contributed by atoms with Crippen LogP contribution in [0.2, 0.25) is 0 Å². The Morgan fingerprint density at radius 2 is 2.31 bits per heavy atom. The van der Waals surface area contributed by atoms with Gasteiger partial charge in [-0.15, -0.1) is 0 Å². The second-order valence-electron chi connectivity index (χ2n) is 3.83. The molecule has 1 heterocycles. The second-order valence-corrected chi connectivity index (χ2v) is 3.83. The van der Waals surface area contributed by atoms with Gasteiger partial charge in [-0.2, -0.15) is 0 Å². The summed E-state index contributed by atoms with van der Waals surface area (Å²) in [6, 6.07) is 0.167. The van der Waals surface area contributed by atoms with Crippen LogP contribution in [-0.4, -0.2) is 35.1 Å². The third-order valence-electron chi connectivity index (χ3n) is 2.65. The predicted molar refractivity (Wildman–Crippen MR) is 57.7 cm³/mol. The minimum atomic E-state index is -0.237. The molecule has 0 unspecified atom stereocenters. The number of hydrogen-bond donors (Lipinski definition) is 2. The fourth-order valence-corrected chi connectivity index (χ4v) is 1.63. The fourth-order valence-electron chi connectivity index (χ4n) is 1.63.